The van der Waals surface area contributed by atoms with E-state index in [2.05, 4.69) is 10.6 Å². The van der Waals surface area contributed by atoms with E-state index in [0.29, 0.717) is 19.0 Å². The number of amides is 1. The summed E-state index contributed by atoms with van der Waals surface area (Å²) in [6, 6.07) is 8.22. The molecule has 1 saturated heterocycles. The molecule has 2 aliphatic rings. The Morgan fingerprint density at radius 2 is 1.96 bits per heavy atom. The van der Waals surface area contributed by atoms with Gasteiger partial charge in [-0.2, -0.15) is 0 Å². The third-order valence-corrected chi connectivity index (χ3v) is 4.50. The first-order valence-electron chi connectivity index (χ1n) is 7.71. The van der Waals surface area contributed by atoms with Crippen molar-refractivity contribution in [3.8, 4) is 0 Å². The second-order valence-electron chi connectivity index (χ2n) is 6.21. The Morgan fingerprint density at radius 1 is 1.22 bits per heavy atom. The van der Waals surface area contributed by atoms with Gasteiger partial charge in [-0.1, -0.05) is 12.1 Å². The SMILES string of the molecule is Cl.Cl.N[C@@H]1CCN(C(=O)Cn2c(C3CC3)nc3ccccc32)C1. The molecule has 1 amide bonds. The second kappa shape index (κ2) is 7.07. The van der Waals surface area contributed by atoms with E-state index < -0.39 is 0 Å². The number of likely N-dealkylation sites (tertiary alicyclic amines) is 1. The highest BCUT2D eigenvalue weighted by molar-refractivity contribution is 5.85. The van der Waals surface area contributed by atoms with Crippen LogP contribution in [0.3, 0.4) is 0 Å². The highest BCUT2D eigenvalue weighted by Gasteiger charge is 2.31. The van der Waals surface area contributed by atoms with Gasteiger partial charge in [-0.25, -0.2) is 4.98 Å². The van der Waals surface area contributed by atoms with Crippen LogP contribution >= 0.6 is 24.8 Å². The Labute approximate surface area is 148 Å². The molecule has 23 heavy (non-hydrogen) atoms. The van der Waals surface area contributed by atoms with Gasteiger partial charge >= 0.3 is 0 Å². The van der Waals surface area contributed by atoms with Crippen LogP contribution in [0.1, 0.15) is 31.0 Å². The van der Waals surface area contributed by atoms with Crippen LogP contribution in [0, 0.1) is 0 Å². The Morgan fingerprint density at radius 3 is 2.61 bits per heavy atom. The van der Waals surface area contributed by atoms with E-state index in [1.165, 1.54) is 12.8 Å². The number of benzene rings is 1. The maximum absolute atomic E-state index is 12.5. The molecule has 2 heterocycles. The van der Waals surface area contributed by atoms with E-state index in [0.717, 1.165) is 29.8 Å². The predicted octanol–water partition coefficient (Wildman–Crippen LogP) is 2.32. The first kappa shape index (κ1) is 18.0. The Bertz CT molecular complexity index is 698. The van der Waals surface area contributed by atoms with Crippen molar-refractivity contribution < 1.29 is 4.79 Å². The summed E-state index contributed by atoms with van der Waals surface area (Å²) in [5.74, 6) is 1.77. The summed E-state index contributed by atoms with van der Waals surface area (Å²) in [6.45, 7) is 1.86. The number of aromatic nitrogens is 2. The fourth-order valence-electron chi connectivity index (χ4n) is 3.16. The molecule has 1 aromatic carbocycles. The summed E-state index contributed by atoms with van der Waals surface area (Å²) < 4.78 is 2.11. The molecule has 0 bridgehead atoms. The van der Waals surface area contributed by atoms with Crippen LogP contribution in [0.25, 0.3) is 11.0 Å². The van der Waals surface area contributed by atoms with Gasteiger partial charge in [0.05, 0.1) is 11.0 Å². The highest BCUT2D eigenvalue weighted by atomic mass is 35.5. The van der Waals surface area contributed by atoms with Gasteiger partial charge in [-0.3, -0.25) is 4.79 Å². The largest absolute Gasteiger partial charge is 0.340 e. The van der Waals surface area contributed by atoms with E-state index >= 15 is 0 Å². The van der Waals surface area contributed by atoms with Crippen LogP contribution in [0.2, 0.25) is 0 Å². The molecular formula is C16H22Cl2N4O. The number of fused-ring (bicyclic) bond motifs is 1. The van der Waals surface area contributed by atoms with Gasteiger partial charge in [-0.15, -0.1) is 24.8 Å². The number of para-hydroxylation sites is 2. The molecular weight excluding hydrogens is 335 g/mol. The van der Waals surface area contributed by atoms with Gasteiger partial charge in [0, 0.05) is 25.0 Å². The molecule has 0 radical (unpaired) electrons. The van der Waals surface area contributed by atoms with Crippen LogP contribution in [0.4, 0.5) is 0 Å². The van der Waals surface area contributed by atoms with Gasteiger partial charge in [-0.05, 0) is 31.4 Å². The number of carbonyl (C=O) groups excluding carboxylic acids is 1. The molecule has 5 nitrogen and oxygen atoms in total. The number of hydrogen-bond acceptors (Lipinski definition) is 3. The third kappa shape index (κ3) is 3.47. The first-order valence-corrected chi connectivity index (χ1v) is 7.71. The van der Waals surface area contributed by atoms with Crippen LogP contribution in [0.15, 0.2) is 24.3 Å². The Balaban J connectivity index is 0.000000960. The zero-order chi connectivity index (χ0) is 14.4. The number of halogens is 2. The quantitative estimate of drug-likeness (QED) is 0.917. The maximum atomic E-state index is 12.5. The molecule has 1 atom stereocenters. The number of nitrogens with two attached hydrogens (primary N) is 1. The monoisotopic (exact) mass is 356 g/mol. The molecule has 126 valence electrons. The van der Waals surface area contributed by atoms with Crippen LogP contribution in [-0.2, 0) is 11.3 Å². The number of nitrogens with zero attached hydrogens (tertiary/aromatic N) is 3. The molecule has 4 rings (SSSR count). The highest BCUT2D eigenvalue weighted by Crippen LogP contribution is 2.40. The topological polar surface area (TPSA) is 64.2 Å². The molecule has 2 fully saturated rings. The fraction of sp³-hybridized carbons (Fsp3) is 0.500. The normalized spacial score (nSPS) is 20.2. The van der Waals surface area contributed by atoms with E-state index in [9.17, 15) is 4.79 Å². The van der Waals surface area contributed by atoms with E-state index in [-0.39, 0.29) is 36.8 Å². The van der Waals surface area contributed by atoms with Gasteiger partial charge in [0.1, 0.15) is 12.4 Å². The number of carbonyl (C=O) groups is 1. The summed E-state index contributed by atoms with van der Waals surface area (Å²) in [7, 11) is 0. The summed E-state index contributed by atoms with van der Waals surface area (Å²) >= 11 is 0. The van der Waals surface area contributed by atoms with Crippen molar-refractivity contribution in [2.45, 2.75) is 37.8 Å². The minimum Gasteiger partial charge on any atom is -0.340 e. The van der Waals surface area contributed by atoms with E-state index in [1.54, 1.807) is 0 Å². The molecule has 1 saturated carbocycles. The molecule has 0 unspecified atom stereocenters. The molecule has 7 heteroatoms. The van der Waals surface area contributed by atoms with Crippen molar-refractivity contribution in [1.29, 1.82) is 0 Å². The molecule has 1 aromatic heterocycles. The van der Waals surface area contributed by atoms with Gasteiger partial charge in [0.25, 0.3) is 0 Å². The Kier molecular flexibility index (Phi) is 5.55. The van der Waals surface area contributed by atoms with Crippen molar-refractivity contribution in [2.24, 2.45) is 5.73 Å². The van der Waals surface area contributed by atoms with Gasteiger partial charge in [0.2, 0.25) is 5.91 Å². The average Bonchev–Trinajstić information content (AvgIpc) is 3.14. The predicted molar refractivity (Wildman–Crippen MR) is 95.4 cm³/mol. The van der Waals surface area contributed by atoms with Crippen molar-refractivity contribution in [3.05, 3.63) is 30.1 Å². The van der Waals surface area contributed by atoms with E-state index in [1.807, 2.05) is 23.1 Å². The smallest absolute Gasteiger partial charge is 0.242 e. The first-order chi connectivity index (χ1) is 10.2. The second-order valence-corrected chi connectivity index (χ2v) is 6.21. The zero-order valence-corrected chi connectivity index (χ0v) is 14.5. The van der Waals surface area contributed by atoms with Crippen molar-refractivity contribution in [2.75, 3.05) is 13.1 Å². The molecule has 1 aliphatic heterocycles. The lowest BCUT2D eigenvalue weighted by atomic mass is 10.3. The minimum atomic E-state index is 0. The average molecular weight is 357 g/mol. The standard InChI is InChI=1S/C16H20N4O.2ClH/c17-12-7-8-19(9-12)15(21)10-20-14-4-2-1-3-13(14)18-16(20)11-5-6-11;;/h1-4,11-12H,5-10,17H2;2*1H/t12-;;/m1../s1. The lowest BCUT2D eigenvalue weighted by Gasteiger charge is -2.17. The lowest BCUT2D eigenvalue weighted by molar-refractivity contribution is -0.130. The molecule has 2 N–H and O–H groups in total. The van der Waals surface area contributed by atoms with Crippen LogP contribution < -0.4 is 5.73 Å². The molecule has 0 spiro atoms. The fourth-order valence-corrected chi connectivity index (χ4v) is 3.16. The van der Waals surface area contributed by atoms with Crippen molar-refractivity contribution in [1.82, 2.24) is 14.5 Å². The number of rotatable bonds is 3. The third-order valence-electron chi connectivity index (χ3n) is 4.50. The molecule has 1 aliphatic carbocycles. The number of imidazole rings is 1. The molecule has 2 aromatic rings. The number of hydrogen-bond donors (Lipinski definition) is 1. The van der Waals surface area contributed by atoms with Crippen LogP contribution in [-0.4, -0.2) is 39.5 Å². The summed E-state index contributed by atoms with van der Waals surface area (Å²) in [5.41, 5.74) is 7.96. The van der Waals surface area contributed by atoms with E-state index in [4.69, 9.17) is 10.7 Å². The lowest BCUT2D eigenvalue weighted by Crippen LogP contribution is -2.34. The maximum Gasteiger partial charge on any atom is 0.242 e. The van der Waals surface area contributed by atoms with Gasteiger partial charge < -0.3 is 15.2 Å². The minimum absolute atomic E-state index is 0. The summed E-state index contributed by atoms with van der Waals surface area (Å²) in [4.78, 5) is 19.1. The summed E-state index contributed by atoms with van der Waals surface area (Å²) in [5, 5.41) is 0. The Hall–Kier alpha value is -1.30. The summed E-state index contributed by atoms with van der Waals surface area (Å²) in [6.07, 6.45) is 3.28. The van der Waals surface area contributed by atoms with Crippen molar-refractivity contribution >= 4 is 41.8 Å². The zero-order valence-electron chi connectivity index (χ0n) is 12.9. The van der Waals surface area contributed by atoms with Gasteiger partial charge in [0.15, 0.2) is 0 Å². The van der Waals surface area contributed by atoms with Crippen molar-refractivity contribution in [3.63, 3.8) is 0 Å². The van der Waals surface area contributed by atoms with Crippen LogP contribution in [0.5, 0.6) is 0 Å².